The van der Waals surface area contributed by atoms with Crippen LogP contribution in [0.25, 0.3) is 0 Å². The van der Waals surface area contributed by atoms with Gasteiger partial charge in [0.2, 0.25) is 0 Å². The second kappa shape index (κ2) is 7.72. The van der Waals surface area contributed by atoms with Crippen LogP contribution in [0.3, 0.4) is 0 Å². The summed E-state index contributed by atoms with van der Waals surface area (Å²) in [5.41, 5.74) is 2.49. The third-order valence-corrected chi connectivity index (χ3v) is 3.19. The summed E-state index contributed by atoms with van der Waals surface area (Å²) in [7, 11) is 0. The number of halogens is 1. The zero-order valence-corrected chi connectivity index (χ0v) is 11.8. The van der Waals surface area contributed by atoms with Gasteiger partial charge in [0.25, 0.3) is 0 Å². The molecule has 1 aromatic rings. The van der Waals surface area contributed by atoms with Gasteiger partial charge < -0.3 is 4.74 Å². The predicted molar refractivity (Wildman–Crippen MR) is 73.7 cm³/mol. The Kier molecular flexibility index (Phi) is 6.55. The fourth-order valence-electron chi connectivity index (χ4n) is 1.60. The fraction of sp³-hybridized carbons (Fsp3) is 0.571. The normalized spacial score (nSPS) is 10.4. The van der Waals surface area contributed by atoms with E-state index in [4.69, 9.17) is 4.74 Å². The van der Waals surface area contributed by atoms with E-state index in [-0.39, 0.29) is 0 Å². The molecular formula is C14H21BrO. The maximum absolute atomic E-state index is 5.79. The van der Waals surface area contributed by atoms with E-state index in [0.29, 0.717) is 0 Å². The molecule has 0 aliphatic rings. The molecule has 16 heavy (non-hydrogen) atoms. The molecule has 90 valence electrons. The van der Waals surface area contributed by atoms with Crippen LogP contribution in [0.2, 0.25) is 0 Å². The zero-order chi connectivity index (χ0) is 11.8. The highest BCUT2D eigenvalue weighted by Crippen LogP contribution is 2.19. The van der Waals surface area contributed by atoms with E-state index in [2.05, 4.69) is 48.0 Å². The van der Waals surface area contributed by atoms with Crippen molar-refractivity contribution in [2.45, 2.75) is 39.5 Å². The van der Waals surface area contributed by atoms with Crippen molar-refractivity contribution in [3.63, 3.8) is 0 Å². The van der Waals surface area contributed by atoms with E-state index < -0.39 is 0 Å². The Morgan fingerprint density at radius 1 is 1.06 bits per heavy atom. The topological polar surface area (TPSA) is 9.23 Å². The molecule has 0 spiro atoms. The van der Waals surface area contributed by atoms with Crippen LogP contribution in [0, 0.1) is 13.8 Å². The minimum atomic E-state index is 0.840. The maximum Gasteiger partial charge on any atom is 0.122 e. The summed E-state index contributed by atoms with van der Waals surface area (Å²) < 4.78 is 5.79. The highest BCUT2D eigenvalue weighted by atomic mass is 79.9. The molecule has 0 aromatic heterocycles. The Bertz CT molecular complexity index is 310. The largest absolute Gasteiger partial charge is 0.493 e. The average Bonchev–Trinajstić information content (AvgIpc) is 2.28. The van der Waals surface area contributed by atoms with E-state index in [1.807, 2.05) is 0 Å². The molecule has 0 atom stereocenters. The van der Waals surface area contributed by atoms with Crippen molar-refractivity contribution < 1.29 is 4.74 Å². The summed E-state index contributed by atoms with van der Waals surface area (Å²) >= 11 is 3.44. The number of hydrogen-bond donors (Lipinski definition) is 0. The SMILES string of the molecule is Cc1ccc(C)c(OCCCCCCBr)c1. The molecule has 0 saturated carbocycles. The average molecular weight is 285 g/mol. The van der Waals surface area contributed by atoms with Crippen LogP contribution in [-0.4, -0.2) is 11.9 Å². The number of rotatable bonds is 7. The molecule has 1 nitrogen and oxygen atoms in total. The minimum Gasteiger partial charge on any atom is -0.493 e. The van der Waals surface area contributed by atoms with Crippen LogP contribution in [0.5, 0.6) is 5.75 Å². The van der Waals surface area contributed by atoms with E-state index in [1.165, 1.54) is 30.4 Å². The summed E-state index contributed by atoms with van der Waals surface area (Å²) in [5, 5.41) is 1.12. The van der Waals surface area contributed by atoms with E-state index in [0.717, 1.165) is 24.1 Å². The van der Waals surface area contributed by atoms with Crippen molar-refractivity contribution in [3.05, 3.63) is 29.3 Å². The first-order chi connectivity index (χ1) is 7.74. The van der Waals surface area contributed by atoms with Crippen molar-refractivity contribution in [2.75, 3.05) is 11.9 Å². The van der Waals surface area contributed by atoms with Crippen molar-refractivity contribution in [1.82, 2.24) is 0 Å². The molecule has 1 aromatic carbocycles. The predicted octanol–water partition coefficient (Wildman–Crippen LogP) is 4.64. The lowest BCUT2D eigenvalue weighted by molar-refractivity contribution is 0.303. The number of unbranched alkanes of at least 4 members (excludes halogenated alkanes) is 3. The third kappa shape index (κ3) is 5.02. The fourth-order valence-corrected chi connectivity index (χ4v) is 1.99. The lowest BCUT2D eigenvalue weighted by atomic mass is 10.1. The Hall–Kier alpha value is -0.500. The highest BCUT2D eigenvalue weighted by molar-refractivity contribution is 9.09. The Morgan fingerprint density at radius 2 is 1.81 bits per heavy atom. The third-order valence-electron chi connectivity index (χ3n) is 2.63. The number of ether oxygens (including phenoxy) is 1. The van der Waals surface area contributed by atoms with Crippen LogP contribution in [0.1, 0.15) is 36.8 Å². The number of benzene rings is 1. The Balaban J connectivity index is 2.23. The molecule has 0 unspecified atom stereocenters. The van der Waals surface area contributed by atoms with Crippen molar-refractivity contribution >= 4 is 15.9 Å². The molecule has 0 aliphatic heterocycles. The van der Waals surface area contributed by atoms with Gasteiger partial charge in [-0.25, -0.2) is 0 Å². The maximum atomic E-state index is 5.79. The quantitative estimate of drug-likeness (QED) is 0.524. The first-order valence-corrected chi connectivity index (χ1v) is 7.12. The Labute approximate surface area is 107 Å². The summed E-state index contributed by atoms with van der Waals surface area (Å²) in [6.45, 7) is 5.04. The van der Waals surface area contributed by atoms with Crippen molar-refractivity contribution in [2.24, 2.45) is 0 Å². The lowest BCUT2D eigenvalue weighted by Gasteiger charge is -2.09. The first kappa shape index (κ1) is 13.6. The molecule has 0 heterocycles. The van der Waals surface area contributed by atoms with Crippen LogP contribution in [0.15, 0.2) is 18.2 Å². The number of aryl methyl sites for hydroxylation is 2. The van der Waals surface area contributed by atoms with E-state index in [1.54, 1.807) is 0 Å². The lowest BCUT2D eigenvalue weighted by Crippen LogP contribution is -1.99. The molecule has 1 rings (SSSR count). The van der Waals surface area contributed by atoms with E-state index >= 15 is 0 Å². The standard InChI is InChI=1S/C14H21BrO/c1-12-7-8-13(2)14(11-12)16-10-6-4-3-5-9-15/h7-8,11H,3-6,9-10H2,1-2H3. The molecular weight excluding hydrogens is 264 g/mol. The second-order valence-electron chi connectivity index (χ2n) is 4.22. The first-order valence-electron chi connectivity index (χ1n) is 6.00. The summed E-state index contributed by atoms with van der Waals surface area (Å²) in [6, 6.07) is 6.36. The van der Waals surface area contributed by atoms with Crippen molar-refractivity contribution in [1.29, 1.82) is 0 Å². The summed E-state index contributed by atoms with van der Waals surface area (Å²) in [5.74, 6) is 1.04. The molecule has 0 saturated heterocycles. The van der Waals surface area contributed by atoms with Gasteiger partial charge in [0.15, 0.2) is 0 Å². The zero-order valence-electron chi connectivity index (χ0n) is 10.3. The molecule has 0 fully saturated rings. The molecule has 2 heteroatoms. The summed E-state index contributed by atoms with van der Waals surface area (Å²) in [4.78, 5) is 0. The van der Waals surface area contributed by atoms with Gasteiger partial charge in [-0.05, 0) is 43.9 Å². The van der Waals surface area contributed by atoms with Gasteiger partial charge in [-0.2, -0.15) is 0 Å². The number of hydrogen-bond acceptors (Lipinski definition) is 1. The monoisotopic (exact) mass is 284 g/mol. The van der Waals surface area contributed by atoms with Gasteiger partial charge in [-0.3, -0.25) is 0 Å². The van der Waals surface area contributed by atoms with Crippen LogP contribution in [0.4, 0.5) is 0 Å². The van der Waals surface area contributed by atoms with Crippen LogP contribution >= 0.6 is 15.9 Å². The van der Waals surface area contributed by atoms with Gasteiger partial charge in [-0.15, -0.1) is 0 Å². The molecule has 0 amide bonds. The summed E-state index contributed by atoms with van der Waals surface area (Å²) in [6.07, 6.45) is 4.97. The Morgan fingerprint density at radius 3 is 2.56 bits per heavy atom. The van der Waals surface area contributed by atoms with Gasteiger partial charge in [-0.1, -0.05) is 40.9 Å². The molecule has 0 aliphatic carbocycles. The highest BCUT2D eigenvalue weighted by Gasteiger charge is 1.99. The smallest absolute Gasteiger partial charge is 0.122 e. The van der Waals surface area contributed by atoms with E-state index in [9.17, 15) is 0 Å². The van der Waals surface area contributed by atoms with Crippen LogP contribution < -0.4 is 4.74 Å². The van der Waals surface area contributed by atoms with Gasteiger partial charge in [0.05, 0.1) is 6.61 Å². The number of alkyl halides is 1. The van der Waals surface area contributed by atoms with Gasteiger partial charge >= 0.3 is 0 Å². The minimum absolute atomic E-state index is 0.840. The second-order valence-corrected chi connectivity index (χ2v) is 5.01. The molecule has 0 N–H and O–H groups in total. The molecule has 0 radical (unpaired) electrons. The van der Waals surface area contributed by atoms with Gasteiger partial charge in [0.1, 0.15) is 5.75 Å². The van der Waals surface area contributed by atoms with Crippen molar-refractivity contribution in [3.8, 4) is 5.75 Å². The molecule has 0 bridgehead atoms. The van der Waals surface area contributed by atoms with Crippen LogP contribution in [-0.2, 0) is 0 Å². The van der Waals surface area contributed by atoms with Gasteiger partial charge in [0, 0.05) is 5.33 Å².